The van der Waals surface area contributed by atoms with E-state index in [1.54, 1.807) is 0 Å². The Morgan fingerprint density at radius 2 is 1.08 bits per heavy atom. The van der Waals surface area contributed by atoms with Gasteiger partial charge in [-0.25, -0.2) is 0 Å². The van der Waals surface area contributed by atoms with E-state index >= 15 is 0 Å². The first-order chi connectivity index (χ1) is 11.0. The van der Waals surface area contributed by atoms with Gasteiger partial charge in [-0.15, -0.1) is 0 Å². The van der Waals surface area contributed by atoms with Gasteiger partial charge in [0.1, 0.15) is 5.75 Å². The zero-order valence-corrected chi connectivity index (χ0v) is 11.8. The lowest BCUT2D eigenvalue weighted by atomic mass is 9.94. The van der Waals surface area contributed by atoms with Gasteiger partial charge in [-0.2, -0.15) is 48.3 Å². The molecule has 0 aliphatic heterocycles. The van der Waals surface area contributed by atoms with E-state index in [2.05, 4.69) is 0 Å². The molecule has 1 aromatic rings. The number of benzene rings is 1. The Morgan fingerprint density at radius 3 is 1.48 bits per heavy atom. The Kier molecular flexibility index (Phi) is 5.28. The minimum atomic E-state index is -7.38. The summed E-state index contributed by atoms with van der Waals surface area (Å²) in [5.74, 6) is -27.9. The van der Waals surface area contributed by atoms with Crippen molar-refractivity contribution in [1.82, 2.24) is 0 Å². The molecule has 0 saturated carbocycles. The Labute approximate surface area is 133 Å². The highest BCUT2D eigenvalue weighted by Gasteiger charge is 2.86. The summed E-state index contributed by atoms with van der Waals surface area (Å²) in [4.78, 5) is 0. The molecular weight excluding hydrogens is 381 g/mol. The highest BCUT2D eigenvalue weighted by atomic mass is 19.4. The topological polar surface area (TPSA) is 20.2 Å². The predicted octanol–water partition coefficient (Wildman–Crippen LogP) is 5.43. The van der Waals surface area contributed by atoms with Crippen LogP contribution in [0.2, 0.25) is 0 Å². The zero-order valence-electron chi connectivity index (χ0n) is 11.8. The van der Waals surface area contributed by atoms with Crippen LogP contribution in [0.25, 0.3) is 0 Å². The maximum atomic E-state index is 13.4. The molecule has 0 fully saturated rings. The second-order valence-electron chi connectivity index (χ2n) is 5.09. The minimum absolute atomic E-state index is 0.167. The van der Waals surface area contributed by atoms with Crippen molar-refractivity contribution in [1.29, 1.82) is 0 Å². The molecule has 0 bridgehead atoms. The van der Waals surface area contributed by atoms with Crippen LogP contribution in [0, 0.1) is 0 Å². The fourth-order valence-corrected chi connectivity index (χ4v) is 1.73. The number of hydrogen-bond donors (Lipinski definition) is 1. The van der Waals surface area contributed by atoms with Crippen LogP contribution in [0.15, 0.2) is 24.3 Å². The Morgan fingerprint density at radius 1 is 0.640 bits per heavy atom. The quantitative estimate of drug-likeness (QED) is 0.643. The van der Waals surface area contributed by atoms with Crippen LogP contribution in [0.5, 0.6) is 5.75 Å². The van der Waals surface area contributed by atoms with Crippen molar-refractivity contribution in [3.05, 3.63) is 29.8 Å². The number of rotatable bonds is 6. The van der Waals surface area contributed by atoms with E-state index in [9.17, 15) is 48.3 Å². The van der Waals surface area contributed by atoms with Crippen molar-refractivity contribution in [3.63, 3.8) is 0 Å². The van der Waals surface area contributed by atoms with Gasteiger partial charge < -0.3 is 5.11 Å². The van der Waals surface area contributed by atoms with Crippen molar-refractivity contribution in [2.75, 3.05) is 0 Å². The van der Waals surface area contributed by atoms with Crippen LogP contribution < -0.4 is 0 Å². The van der Waals surface area contributed by atoms with Gasteiger partial charge in [0.2, 0.25) is 0 Å². The van der Waals surface area contributed by atoms with Gasteiger partial charge in [0.05, 0.1) is 0 Å². The van der Waals surface area contributed by atoms with Gasteiger partial charge in [-0.05, 0) is 24.1 Å². The van der Waals surface area contributed by atoms with Gasteiger partial charge >= 0.3 is 29.9 Å². The van der Waals surface area contributed by atoms with E-state index in [0.717, 1.165) is 24.3 Å². The van der Waals surface area contributed by atoms with Crippen molar-refractivity contribution in [2.24, 2.45) is 0 Å². The average Bonchev–Trinajstić information content (AvgIpc) is 2.45. The largest absolute Gasteiger partial charge is 0.508 e. The lowest BCUT2D eigenvalue weighted by Gasteiger charge is -2.37. The number of alkyl halides is 11. The summed E-state index contributed by atoms with van der Waals surface area (Å²) in [5, 5.41) is 8.93. The van der Waals surface area contributed by atoms with E-state index in [-0.39, 0.29) is 11.3 Å². The molecule has 0 heterocycles. The molecular formula is C13H9F11O. The SMILES string of the molecule is Oc1ccc(CCC(F)(F)C(F)(F)C(F)(F)C(F)(F)C(F)(F)F)cc1. The van der Waals surface area contributed by atoms with E-state index in [0.29, 0.717) is 0 Å². The summed E-state index contributed by atoms with van der Waals surface area (Å²) >= 11 is 0. The Hall–Kier alpha value is -1.75. The molecule has 0 amide bonds. The zero-order chi connectivity index (χ0) is 19.9. The van der Waals surface area contributed by atoms with E-state index < -0.39 is 42.7 Å². The number of phenols is 1. The van der Waals surface area contributed by atoms with E-state index in [1.807, 2.05) is 0 Å². The monoisotopic (exact) mass is 390 g/mol. The van der Waals surface area contributed by atoms with Gasteiger partial charge in [0.15, 0.2) is 0 Å². The molecule has 12 heteroatoms. The van der Waals surface area contributed by atoms with Gasteiger partial charge in [0, 0.05) is 6.42 Å². The number of hydrogen-bond acceptors (Lipinski definition) is 1. The van der Waals surface area contributed by atoms with Crippen molar-refractivity contribution < 1.29 is 53.4 Å². The average molecular weight is 390 g/mol. The summed E-state index contributed by atoms with van der Waals surface area (Å²) < 4.78 is 140. The van der Waals surface area contributed by atoms with Gasteiger partial charge in [-0.1, -0.05) is 12.1 Å². The van der Waals surface area contributed by atoms with Crippen LogP contribution >= 0.6 is 0 Å². The molecule has 0 spiro atoms. The molecule has 144 valence electrons. The standard InChI is InChI=1S/C13H9F11O/c14-9(15,6-5-7-1-3-8(25)4-2-7)10(16,17)11(18,19)12(20,21)13(22,23)24/h1-4,25H,5-6H2. The summed E-state index contributed by atoms with van der Waals surface area (Å²) in [7, 11) is 0. The normalized spacial score (nSPS) is 14.7. The van der Waals surface area contributed by atoms with Crippen LogP contribution in [0.1, 0.15) is 12.0 Å². The van der Waals surface area contributed by atoms with Gasteiger partial charge in [0.25, 0.3) is 0 Å². The molecule has 0 aliphatic carbocycles. The Balaban J connectivity index is 3.09. The van der Waals surface area contributed by atoms with E-state index in [4.69, 9.17) is 5.11 Å². The third-order valence-corrected chi connectivity index (χ3v) is 3.27. The maximum absolute atomic E-state index is 13.4. The smallest absolute Gasteiger partial charge is 0.460 e. The molecule has 0 radical (unpaired) electrons. The fourth-order valence-electron chi connectivity index (χ4n) is 1.73. The third-order valence-electron chi connectivity index (χ3n) is 3.27. The molecule has 0 saturated heterocycles. The molecule has 25 heavy (non-hydrogen) atoms. The summed E-state index contributed by atoms with van der Waals surface area (Å²) in [6, 6.07) is 3.79. The molecule has 0 unspecified atom stereocenters. The summed E-state index contributed by atoms with van der Waals surface area (Å²) in [5.41, 5.74) is -0.167. The van der Waals surface area contributed by atoms with E-state index in [1.165, 1.54) is 0 Å². The van der Waals surface area contributed by atoms with Crippen molar-refractivity contribution in [2.45, 2.75) is 42.7 Å². The van der Waals surface area contributed by atoms with Crippen LogP contribution in [-0.2, 0) is 6.42 Å². The van der Waals surface area contributed by atoms with Crippen molar-refractivity contribution in [3.8, 4) is 5.75 Å². The molecule has 0 aliphatic rings. The highest BCUT2D eigenvalue weighted by molar-refractivity contribution is 5.26. The predicted molar refractivity (Wildman–Crippen MR) is 62.3 cm³/mol. The maximum Gasteiger partial charge on any atom is 0.460 e. The minimum Gasteiger partial charge on any atom is -0.508 e. The van der Waals surface area contributed by atoms with Crippen LogP contribution in [-0.4, -0.2) is 35.0 Å². The number of aromatic hydroxyl groups is 1. The first-order valence-electron chi connectivity index (χ1n) is 6.33. The number of aryl methyl sites for hydroxylation is 1. The molecule has 0 atom stereocenters. The van der Waals surface area contributed by atoms with Crippen molar-refractivity contribution >= 4 is 0 Å². The first-order valence-corrected chi connectivity index (χ1v) is 6.33. The summed E-state index contributed by atoms with van der Waals surface area (Å²) in [6.07, 6.45) is -10.3. The third kappa shape index (κ3) is 3.61. The molecule has 1 N–H and O–H groups in total. The number of phenolic OH excluding ortho intramolecular Hbond substituents is 1. The molecule has 1 aromatic carbocycles. The Bertz CT molecular complexity index is 589. The summed E-state index contributed by atoms with van der Waals surface area (Å²) in [6.45, 7) is 0. The van der Waals surface area contributed by atoms with Crippen LogP contribution in [0.3, 0.4) is 0 Å². The second kappa shape index (κ2) is 6.20. The highest BCUT2D eigenvalue weighted by Crippen LogP contribution is 2.58. The van der Waals surface area contributed by atoms with Gasteiger partial charge in [-0.3, -0.25) is 0 Å². The molecule has 1 rings (SSSR count). The molecule has 1 nitrogen and oxygen atoms in total. The molecule has 0 aromatic heterocycles. The first kappa shape index (κ1) is 21.3. The fraction of sp³-hybridized carbons (Fsp3) is 0.538. The van der Waals surface area contributed by atoms with Crippen LogP contribution in [0.4, 0.5) is 48.3 Å². The number of halogens is 11. The lowest BCUT2D eigenvalue weighted by molar-refractivity contribution is -0.422. The lowest BCUT2D eigenvalue weighted by Crippen LogP contribution is -2.66. The second-order valence-corrected chi connectivity index (χ2v) is 5.09.